The van der Waals surface area contributed by atoms with E-state index < -0.39 is 0 Å². The van der Waals surface area contributed by atoms with Gasteiger partial charge in [0.2, 0.25) is 0 Å². The Labute approximate surface area is 117 Å². The Bertz CT molecular complexity index is 404. The molecule has 2 heteroatoms. The van der Waals surface area contributed by atoms with Gasteiger partial charge in [0.05, 0.1) is 0 Å². The Morgan fingerprint density at radius 2 is 1.89 bits per heavy atom. The topological polar surface area (TPSA) is 38.0 Å². The predicted molar refractivity (Wildman–Crippen MR) is 82.3 cm³/mol. The van der Waals surface area contributed by atoms with Gasteiger partial charge in [-0.25, -0.2) is 0 Å². The summed E-state index contributed by atoms with van der Waals surface area (Å²) < 4.78 is 0. The molecule has 1 aliphatic rings. The Balaban J connectivity index is 1.93. The van der Waals surface area contributed by atoms with Gasteiger partial charge in [0, 0.05) is 18.6 Å². The largest absolute Gasteiger partial charge is 0.328 e. The molecule has 1 aromatic rings. The zero-order valence-electron chi connectivity index (χ0n) is 12.6. The van der Waals surface area contributed by atoms with Crippen LogP contribution in [0.2, 0.25) is 0 Å². The van der Waals surface area contributed by atoms with Crippen molar-refractivity contribution in [3.05, 3.63) is 34.9 Å². The highest BCUT2D eigenvalue weighted by atomic mass is 14.9. The summed E-state index contributed by atoms with van der Waals surface area (Å²) in [5.41, 5.74) is 10.2. The smallest absolute Gasteiger partial charge is 0.0210 e. The summed E-state index contributed by atoms with van der Waals surface area (Å²) in [4.78, 5) is 0. The normalized spacial score (nSPS) is 23.8. The standard InChI is InChI=1S/C17H28N2/c1-12(2)14-5-4-13(3)15(10-14)11-19-17-8-6-16(18)7-9-17/h4-5,10,12,16-17,19H,6-9,11,18H2,1-3H3. The fourth-order valence-corrected chi connectivity index (χ4v) is 2.82. The second kappa shape index (κ2) is 6.53. The monoisotopic (exact) mass is 260 g/mol. The highest BCUT2D eigenvalue weighted by Crippen LogP contribution is 2.20. The number of benzene rings is 1. The van der Waals surface area contributed by atoms with Crippen LogP contribution in [0, 0.1) is 6.92 Å². The Morgan fingerprint density at radius 1 is 1.21 bits per heavy atom. The average Bonchev–Trinajstić information content (AvgIpc) is 2.39. The lowest BCUT2D eigenvalue weighted by Gasteiger charge is -2.27. The van der Waals surface area contributed by atoms with Crippen LogP contribution in [0.3, 0.4) is 0 Å². The molecule has 2 nitrogen and oxygen atoms in total. The lowest BCUT2D eigenvalue weighted by molar-refractivity contribution is 0.341. The Morgan fingerprint density at radius 3 is 2.53 bits per heavy atom. The first-order valence-corrected chi connectivity index (χ1v) is 7.64. The van der Waals surface area contributed by atoms with E-state index in [0.717, 1.165) is 6.54 Å². The van der Waals surface area contributed by atoms with E-state index in [0.29, 0.717) is 18.0 Å². The summed E-state index contributed by atoms with van der Waals surface area (Å²) in [6.07, 6.45) is 4.79. The molecule has 1 aliphatic carbocycles. The van der Waals surface area contributed by atoms with Crippen molar-refractivity contribution in [2.45, 2.75) is 71.0 Å². The minimum atomic E-state index is 0.434. The SMILES string of the molecule is Cc1ccc(C(C)C)cc1CNC1CCC(N)CC1. The number of nitrogens with two attached hydrogens (primary N) is 1. The van der Waals surface area contributed by atoms with E-state index in [2.05, 4.69) is 44.3 Å². The third kappa shape index (κ3) is 4.05. The fourth-order valence-electron chi connectivity index (χ4n) is 2.82. The van der Waals surface area contributed by atoms with Crippen molar-refractivity contribution in [2.75, 3.05) is 0 Å². The highest BCUT2D eigenvalue weighted by molar-refractivity contribution is 5.32. The van der Waals surface area contributed by atoms with E-state index in [1.54, 1.807) is 0 Å². The molecule has 0 radical (unpaired) electrons. The molecule has 0 aliphatic heterocycles. The number of nitrogens with one attached hydrogen (secondary N) is 1. The van der Waals surface area contributed by atoms with Gasteiger partial charge in [-0.05, 0) is 55.2 Å². The van der Waals surface area contributed by atoms with Gasteiger partial charge in [-0.15, -0.1) is 0 Å². The lowest BCUT2D eigenvalue weighted by Crippen LogP contribution is -2.37. The van der Waals surface area contributed by atoms with Crippen molar-refractivity contribution in [1.82, 2.24) is 5.32 Å². The van der Waals surface area contributed by atoms with Gasteiger partial charge >= 0.3 is 0 Å². The number of hydrogen-bond donors (Lipinski definition) is 2. The number of hydrogen-bond acceptors (Lipinski definition) is 2. The third-order valence-corrected chi connectivity index (χ3v) is 4.39. The van der Waals surface area contributed by atoms with Gasteiger partial charge in [-0.2, -0.15) is 0 Å². The summed E-state index contributed by atoms with van der Waals surface area (Å²) in [6, 6.07) is 7.96. The van der Waals surface area contributed by atoms with Crippen LogP contribution >= 0.6 is 0 Å². The lowest BCUT2D eigenvalue weighted by atomic mass is 9.91. The molecule has 2 rings (SSSR count). The summed E-state index contributed by atoms with van der Waals surface area (Å²) in [7, 11) is 0. The summed E-state index contributed by atoms with van der Waals surface area (Å²) >= 11 is 0. The van der Waals surface area contributed by atoms with Crippen LogP contribution in [0.1, 0.15) is 62.1 Å². The molecule has 1 saturated carbocycles. The van der Waals surface area contributed by atoms with Crippen LogP contribution < -0.4 is 11.1 Å². The maximum absolute atomic E-state index is 5.95. The second-order valence-electron chi connectivity index (χ2n) is 6.33. The first-order valence-electron chi connectivity index (χ1n) is 7.64. The summed E-state index contributed by atoms with van der Waals surface area (Å²) in [5, 5.41) is 3.71. The first-order chi connectivity index (χ1) is 9.06. The first kappa shape index (κ1) is 14.5. The molecular formula is C17H28N2. The Kier molecular flexibility index (Phi) is 5.00. The number of rotatable bonds is 4. The third-order valence-electron chi connectivity index (χ3n) is 4.39. The zero-order chi connectivity index (χ0) is 13.8. The molecule has 0 spiro atoms. The fraction of sp³-hybridized carbons (Fsp3) is 0.647. The van der Waals surface area contributed by atoms with E-state index >= 15 is 0 Å². The average molecular weight is 260 g/mol. The van der Waals surface area contributed by atoms with E-state index in [-0.39, 0.29) is 0 Å². The van der Waals surface area contributed by atoms with Gasteiger partial charge in [0.15, 0.2) is 0 Å². The van der Waals surface area contributed by atoms with Crippen LogP contribution in [0.5, 0.6) is 0 Å². The molecule has 19 heavy (non-hydrogen) atoms. The van der Waals surface area contributed by atoms with Crippen molar-refractivity contribution < 1.29 is 0 Å². The quantitative estimate of drug-likeness (QED) is 0.870. The molecule has 0 atom stereocenters. The van der Waals surface area contributed by atoms with Crippen LogP contribution in [0.25, 0.3) is 0 Å². The number of aryl methyl sites for hydroxylation is 1. The molecule has 0 unspecified atom stereocenters. The zero-order valence-corrected chi connectivity index (χ0v) is 12.6. The van der Waals surface area contributed by atoms with Gasteiger partial charge in [-0.3, -0.25) is 0 Å². The second-order valence-corrected chi connectivity index (χ2v) is 6.33. The maximum atomic E-state index is 5.95. The summed E-state index contributed by atoms with van der Waals surface area (Å²) in [5.74, 6) is 0.604. The van der Waals surface area contributed by atoms with Gasteiger partial charge in [0.25, 0.3) is 0 Å². The minimum absolute atomic E-state index is 0.434. The van der Waals surface area contributed by atoms with Crippen molar-refractivity contribution in [2.24, 2.45) is 5.73 Å². The van der Waals surface area contributed by atoms with Crippen LogP contribution in [0.15, 0.2) is 18.2 Å². The van der Waals surface area contributed by atoms with Crippen molar-refractivity contribution >= 4 is 0 Å². The Hall–Kier alpha value is -0.860. The van der Waals surface area contributed by atoms with Crippen LogP contribution in [-0.2, 0) is 6.54 Å². The van der Waals surface area contributed by atoms with E-state index in [1.807, 2.05) is 0 Å². The molecule has 106 valence electrons. The molecule has 0 aromatic heterocycles. The van der Waals surface area contributed by atoms with Gasteiger partial charge in [-0.1, -0.05) is 32.0 Å². The summed E-state index contributed by atoms with van der Waals surface area (Å²) in [6.45, 7) is 7.71. The van der Waals surface area contributed by atoms with Crippen molar-refractivity contribution in [3.8, 4) is 0 Å². The minimum Gasteiger partial charge on any atom is -0.328 e. The highest BCUT2D eigenvalue weighted by Gasteiger charge is 2.18. The molecular weight excluding hydrogens is 232 g/mol. The molecule has 0 amide bonds. The van der Waals surface area contributed by atoms with Gasteiger partial charge in [0.1, 0.15) is 0 Å². The van der Waals surface area contributed by atoms with Gasteiger partial charge < -0.3 is 11.1 Å². The van der Waals surface area contributed by atoms with Crippen LogP contribution in [-0.4, -0.2) is 12.1 Å². The van der Waals surface area contributed by atoms with Crippen molar-refractivity contribution in [3.63, 3.8) is 0 Å². The van der Waals surface area contributed by atoms with Crippen molar-refractivity contribution in [1.29, 1.82) is 0 Å². The molecule has 0 heterocycles. The maximum Gasteiger partial charge on any atom is 0.0210 e. The van der Waals surface area contributed by atoms with E-state index in [4.69, 9.17) is 5.73 Å². The molecule has 0 bridgehead atoms. The molecule has 0 saturated heterocycles. The van der Waals surface area contributed by atoms with E-state index in [9.17, 15) is 0 Å². The van der Waals surface area contributed by atoms with Crippen LogP contribution in [0.4, 0.5) is 0 Å². The molecule has 3 N–H and O–H groups in total. The molecule has 1 aromatic carbocycles. The van der Waals surface area contributed by atoms with E-state index in [1.165, 1.54) is 42.4 Å². The molecule has 1 fully saturated rings. The predicted octanol–water partition coefficient (Wildman–Crippen LogP) is 3.48.